The summed E-state index contributed by atoms with van der Waals surface area (Å²) in [5.74, 6) is 0.628. The van der Waals surface area contributed by atoms with Crippen LogP contribution in [0.5, 0.6) is 5.75 Å². The highest BCUT2D eigenvalue weighted by atomic mass is 35.5. The number of carbonyl (C=O) groups is 1. The van der Waals surface area contributed by atoms with Crippen molar-refractivity contribution in [2.45, 2.75) is 34.3 Å². The van der Waals surface area contributed by atoms with Gasteiger partial charge in [-0.05, 0) is 97.6 Å². The van der Waals surface area contributed by atoms with Crippen LogP contribution in [0.25, 0.3) is 6.08 Å². The molecule has 0 unspecified atom stereocenters. The van der Waals surface area contributed by atoms with Crippen molar-refractivity contribution in [2.75, 3.05) is 0 Å². The molecular formula is C27H25ClN2O2S. The number of ether oxygens (including phenoxy) is 1. The summed E-state index contributed by atoms with van der Waals surface area (Å²) in [4.78, 5) is 17.6. The number of carbonyl (C=O) groups excluding carboxylic acids is 1. The molecular weight excluding hydrogens is 452 g/mol. The lowest BCUT2D eigenvalue weighted by atomic mass is 10.0. The number of benzene rings is 3. The molecule has 4 nitrogen and oxygen atoms in total. The first-order valence-electron chi connectivity index (χ1n) is 10.6. The molecule has 3 aromatic rings. The quantitative estimate of drug-likeness (QED) is 0.401. The molecule has 1 aliphatic heterocycles. The summed E-state index contributed by atoms with van der Waals surface area (Å²) in [5, 5.41) is 3.97. The van der Waals surface area contributed by atoms with E-state index in [0.717, 1.165) is 22.6 Å². The number of halogens is 1. The van der Waals surface area contributed by atoms with Gasteiger partial charge in [-0.2, -0.15) is 0 Å². The van der Waals surface area contributed by atoms with Crippen molar-refractivity contribution < 1.29 is 9.53 Å². The van der Waals surface area contributed by atoms with Gasteiger partial charge in [-0.1, -0.05) is 47.5 Å². The van der Waals surface area contributed by atoms with E-state index in [4.69, 9.17) is 16.3 Å². The predicted octanol–water partition coefficient (Wildman–Crippen LogP) is 7.04. The van der Waals surface area contributed by atoms with Crippen molar-refractivity contribution in [1.29, 1.82) is 0 Å². The Morgan fingerprint density at radius 2 is 1.67 bits per heavy atom. The summed E-state index contributed by atoms with van der Waals surface area (Å²) in [6.07, 6.45) is 1.85. The number of aryl methyl sites for hydroxylation is 4. The molecule has 3 aromatic carbocycles. The minimum atomic E-state index is -0.163. The summed E-state index contributed by atoms with van der Waals surface area (Å²) < 4.78 is 6.01. The first kappa shape index (κ1) is 23.1. The number of hydrogen-bond donors (Lipinski definition) is 1. The maximum absolute atomic E-state index is 12.4. The van der Waals surface area contributed by atoms with Gasteiger partial charge in [0.25, 0.3) is 5.91 Å². The zero-order valence-corrected chi connectivity index (χ0v) is 20.6. The van der Waals surface area contributed by atoms with Crippen LogP contribution in [0.15, 0.2) is 64.5 Å². The Labute approximate surface area is 203 Å². The highest BCUT2D eigenvalue weighted by Crippen LogP contribution is 2.30. The molecule has 0 aliphatic carbocycles. The number of rotatable bonds is 5. The first-order valence-corrected chi connectivity index (χ1v) is 11.8. The van der Waals surface area contributed by atoms with Crippen LogP contribution in [-0.2, 0) is 11.4 Å². The van der Waals surface area contributed by atoms with Gasteiger partial charge in [0.15, 0.2) is 5.17 Å². The van der Waals surface area contributed by atoms with Crippen LogP contribution in [-0.4, -0.2) is 11.1 Å². The average molecular weight is 477 g/mol. The second kappa shape index (κ2) is 9.86. The third-order valence-electron chi connectivity index (χ3n) is 5.45. The summed E-state index contributed by atoms with van der Waals surface area (Å²) in [5.41, 5.74) is 7.61. The minimum Gasteiger partial charge on any atom is -0.489 e. The average Bonchev–Trinajstić information content (AvgIpc) is 3.09. The summed E-state index contributed by atoms with van der Waals surface area (Å²) in [6.45, 7) is 8.82. The summed E-state index contributed by atoms with van der Waals surface area (Å²) in [6, 6.07) is 17.6. The van der Waals surface area contributed by atoms with Gasteiger partial charge in [0.1, 0.15) is 12.4 Å². The van der Waals surface area contributed by atoms with Crippen LogP contribution in [0.1, 0.15) is 33.4 Å². The van der Waals surface area contributed by atoms with Crippen molar-refractivity contribution in [3.8, 4) is 5.75 Å². The molecule has 0 radical (unpaired) electrons. The number of amidine groups is 1. The molecule has 6 heteroatoms. The standard InChI is InChI=1S/C27H25ClN2O2S/c1-16-11-18(3)23(19(4)12-16)15-32-22-9-6-20(7-10-22)13-25-26(31)30-27(33-25)29-24-14-21(28)8-5-17(24)2/h5-14H,15H2,1-4H3,(H,29,30,31)/b25-13-. The fourth-order valence-electron chi connectivity index (χ4n) is 3.70. The molecule has 1 heterocycles. The van der Waals surface area contributed by atoms with E-state index >= 15 is 0 Å². The molecule has 168 valence electrons. The van der Waals surface area contributed by atoms with Gasteiger partial charge in [-0.15, -0.1) is 0 Å². The Hall–Kier alpha value is -3.02. The molecule has 33 heavy (non-hydrogen) atoms. The first-order chi connectivity index (χ1) is 15.8. The number of aliphatic imine (C=N–C) groups is 1. The second-order valence-corrected chi connectivity index (χ2v) is 9.61. The fraction of sp³-hybridized carbons (Fsp3) is 0.185. The van der Waals surface area contributed by atoms with Crippen molar-refractivity contribution in [3.05, 3.63) is 97.9 Å². The topological polar surface area (TPSA) is 50.7 Å². The normalized spacial score (nSPS) is 15.8. The van der Waals surface area contributed by atoms with Crippen LogP contribution in [0.3, 0.4) is 0 Å². The zero-order valence-electron chi connectivity index (χ0n) is 19.0. The van der Waals surface area contributed by atoms with E-state index in [1.165, 1.54) is 34.0 Å². The van der Waals surface area contributed by atoms with Gasteiger partial charge in [0.2, 0.25) is 0 Å². The lowest BCUT2D eigenvalue weighted by Gasteiger charge is -2.13. The van der Waals surface area contributed by atoms with Crippen molar-refractivity contribution in [3.63, 3.8) is 0 Å². The van der Waals surface area contributed by atoms with E-state index in [9.17, 15) is 4.79 Å². The van der Waals surface area contributed by atoms with Crippen LogP contribution in [0.2, 0.25) is 5.02 Å². The number of thioether (sulfide) groups is 1. The van der Waals surface area contributed by atoms with E-state index in [1.54, 1.807) is 6.07 Å². The monoisotopic (exact) mass is 476 g/mol. The van der Waals surface area contributed by atoms with Gasteiger partial charge in [-0.25, -0.2) is 4.99 Å². The highest BCUT2D eigenvalue weighted by Gasteiger charge is 2.24. The summed E-state index contributed by atoms with van der Waals surface area (Å²) in [7, 11) is 0. The Bertz CT molecular complexity index is 1260. The maximum atomic E-state index is 12.4. The molecule has 1 fully saturated rings. The molecule has 0 atom stereocenters. The predicted molar refractivity (Wildman–Crippen MR) is 138 cm³/mol. The van der Waals surface area contributed by atoms with Gasteiger partial charge in [-0.3, -0.25) is 4.79 Å². The summed E-state index contributed by atoms with van der Waals surface area (Å²) >= 11 is 7.39. The van der Waals surface area contributed by atoms with E-state index in [0.29, 0.717) is 21.7 Å². The smallest absolute Gasteiger partial charge is 0.264 e. The molecule has 0 bridgehead atoms. The van der Waals surface area contributed by atoms with Gasteiger partial charge < -0.3 is 10.1 Å². The van der Waals surface area contributed by atoms with Gasteiger partial charge in [0, 0.05) is 5.02 Å². The van der Waals surface area contributed by atoms with Gasteiger partial charge >= 0.3 is 0 Å². The Morgan fingerprint density at radius 3 is 2.36 bits per heavy atom. The number of amides is 1. The van der Waals surface area contributed by atoms with Crippen molar-refractivity contribution in [1.82, 2.24) is 5.32 Å². The Balaban J connectivity index is 1.44. The second-order valence-electron chi connectivity index (χ2n) is 8.15. The van der Waals surface area contributed by atoms with E-state index in [2.05, 4.69) is 43.2 Å². The third-order valence-corrected chi connectivity index (χ3v) is 6.59. The fourth-order valence-corrected chi connectivity index (χ4v) is 4.70. The van der Waals surface area contributed by atoms with E-state index in [-0.39, 0.29) is 5.91 Å². The zero-order chi connectivity index (χ0) is 23.5. The van der Waals surface area contributed by atoms with Crippen LogP contribution < -0.4 is 10.1 Å². The minimum absolute atomic E-state index is 0.163. The molecule has 1 amide bonds. The van der Waals surface area contributed by atoms with Crippen LogP contribution >= 0.6 is 23.4 Å². The molecule has 1 aliphatic rings. The van der Waals surface area contributed by atoms with Crippen molar-refractivity contribution in [2.24, 2.45) is 4.99 Å². The van der Waals surface area contributed by atoms with E-state index in [1.807, 2.05) is 49.4 Å². The molecule has 1 N–H and O–H groups in total. The van der Waals surface area contributed by atoms with Crippen molar-refractivity contribution >= 4 is 46.2 Å². The molecule has 1 saturated heterocycles. The van der Waals surface area contributed by atoms with Crippen LogP contribution in [0.4, 0.5) is 5.69 Å². The Morgan fingerprint density at radius 1 is 0.970 bits per heavy atom. The number of nitrogens with zero attached hydrogens (tertiary/aromatic N) is 1. The SMILES string of the molecule is Cc1cc(C)c(COc2ccc(/C=C3\SC(=Nc4cc(Cl)ccc4C)NC3=O)cc2)c(C)c1. The highest BCUT2D eigenvalue weighted by molar-refractivity contribution is 8.18. The van der Waals surface area contributed by atoms with E-state index < -0.39 is 0 Å². The molecule has 0 aromatic heterocycles. The lowest BCUT2D eigenvalue weighted by Crippen LogP contribution is -2.19. The van der Waals surface area contributed by atoms with Gasteiger partial charge in [0.05, 0.1) is 10.6 Å². The molecule has 4 rings (SSSR count). The molecule has 0 saturated carbocycles. The number of hydrogen-bond acceptors (Lipinski definition) is 4. The largest absolute Gasteiger partial charge is 0.489 e. The number of nitrogens with one attached hydrogen (secondary N) is 1. The Kier molecular flexibility index (Phi) is 6.91. The molecule has 0 spiro atoms. The van der Waals surface area contributed by atoms with Crippen LogP contribution in [0, 0.1) is 27.7 Å². The lowest BCUT2D eigenvalue weighted by molar-refractivity contribution is -0.115. The maximum Gasteiger partial charge on any atom is 0.264 e. The third kappa shape index (κ3) is 5.67.